The highest BCUT2D eigenvalue weighted by atomic mass is 16.5. The van der Waals surface area contributed by atoms with Crippen molar-refractivity contribution in [2.45, 2.75) is 13.8 Å². The van der Waals surface area contributed by atoms with Crippen molar-refractivity contribution in [1.29, 1.82) is 0 Å². The van der Waals surface area contributed by atoms with E-state index >= 15 is 0 Å². The van der Waals surface area contributed by atoms with Gasteiger partial charge in [0.25, 0.3) is 0 Å². The van der Waals surface area contributed by atoms with E-state index in [4.69, 9.17) is 4.74 Å². The zero-order valence-corrected chi connectivity index (χ0v) is 12.3. The first kappa shape index (κ1) is 16.4. The molecule has 4 nitrogen and oxygen atoms in total. The van der Waals surface area contributed by atoms with Gasteiger partial charge in [-0.3, -0.25) is 4.79 Å². The number of rotatable bonds is 2. The molecule has 0 unspecified atom stereocenters. The normalized spacial score (nSPS) is 9.10. The quantitative estimate of drug-likeness (QED) is 0.627. The molecule has 0 atom stereocenters. The molecule has 0 fully saturated rings. The Morgan fingerprint density at radius 3 is 2.10 bits per heavy atom. The average molecular weight is 286 g/mol. The molecule has 0 spiro atoms. The van der Waals surface area contributed by atoms with Gasteiger partial charge in [-0.1, -0.05) is 30.3 Å². The summed E-state index contributed by atoms with van der Waals surface area (Å²) in [6, 6.07) is 16.4. The Kier molecular flexibility index (Phi) is 6.68. The standard InChI is InChI=1S/C14H12O2.C3H6O2/c1-11-6-5-9-13(10-11)16-14(15)12-7-3-2-4-8-12;1-3(4)5-2/h2-10H,1H3;1-2H3. The van der Waals surface area contributed by atoms with Gasteiger partial charge >= 0.3 is 11.9 Å². The second-order valence-corrected chi connectivity index (χ2v) is 4.27. The molecule has 0 aliphatic carbocycles. The molecule has 2 rings (SSSR count). The molecule has 0 aliphatic rings. The van der Waals surface area contributed by atoms with Gasteiger partial charge in [0.2, 0.25) is 0 Å². The van der Waals surface area contributed by atoms with E-state index in [9.17, 15) is 9.59 Å². The lowest BCUT2D eigenvalue weighted by atomic mass is 10.2. The van der Waals surface area contributed by atoms with Crippen LogP contribution < -0.4 is 4.74 Å². The second-order valence-electron chi connectivity index (χ2n) is 4.27. The first-order chi connectivity index (χ1) is 10.0. The largest absolute Gasteiger partial charge is 0.469 e. The predicted molar refractivity (Wildman–Crippen MR) is 80.3 cm³/mol. The number of ether oxygens (including phenoxy) is 2. The molecule has 2 aromatic rings. The summed E-state index contributed by atoms with van der Waals surface area (Å²) in [6.07, 6.45) is 0. The summed E-state index contributed by atoms with van der Waals surface area (Å²) in [6.45, 7) is 3.32. The van der Waals surface area contributed by atoms with E-state index in [-0.39, 0.29) is 11.9 Å². The van der Waals surface area contributed by atoms with Crippen LogP contribution in [0.25, 0.3) is 0 Å². The Balaban J connectivity index is 0.000000383. The van der Waals surface area contributed by atoms with Crippen LogP contribution in [-0.4, -0.2) is 19.0 Å². The van der Waals surface area contributed by atoms with Crippen LogP contribution in [0, 0.1) is 6.92 Å². The highest BCUT2D eigenvalue weighted by molar-refractivity contribution is 5.90. The summed E-state index contributed by atoms with van der Waals surface area (Å²) in [4.78, 5) is 21.3. The zero-order chi connectivity index (χ0) is 15.7. The summed E-state index contributed by atoms with van der Waals surface area (Å²) in [5.41, 5.74) is 1.63. The lowest BCUT2D eigenvalue weighted by Gasteiger charge is -2.04. The van der Waals surface area contributed by atoms with Gasteiger partial charge < -0.3 is 9.47 Å². The van der Waals surface area contributed by atoms with Gasteiger partial charge in [0.1, 0.15) is 5.75 Å². The van der Waals surface area contributed by atoms with E-state index in [1.807, 2.05) is 43.3 Å². The number of hydrogen-bond donors (Lipinski definition) is 0. The summed E-state index contributed by atoms with van der Waals surface area (Å²) in [5, 5.41) is 0. The van der Waals surface area contributed by atoms with E-state index in [1.54, 1.807) is 18.2 Å². The fourth-order valence-corrected chi connectivity index (χ4v) is 1.42. The zero-order valence-electron chi connectivity index (χ0n) is 12.3. The fraction of sp³-hybridized carbons (Fsp3) is 0.176. The van der Waals surface area contributed by atoms with Gasteiger partial charge in [-0.05, 0) is 36.8 Å². The molecule has 0 bridgehead atoms. The van der Waals surface area contributed by atoms with Gasteiger partial charge in [-0.2, -0.15) is 0 Å². The number of esters is 2. The lowest BCUT2D eigenvalue weighted by molar-refractivity contribution is -0.137. The topological polar surface area (TPSA) is 52.6 Å². The van der Waals surface area contributed by atoms with Crippen molar-refractivity contribution in [2.75, 3.05) is 7.11 Å². The third kappa shape index (κ3) is 6.38. The number of methoxy groups -OCH3 is 1. The molecule has 0 saturated heterocycles. The first-order valence-corrected chi connectivity index (χ1v) is 6.41. The van der Waals surface area contributed by atoms with Gasteiger partial charge in [-0.15, -0.1) is 0 Å². The molecule has 0 radical (unpaired) electrons. The lowest BCUT2D eigenvalue weighted by Crippen LogP contribution is -2.07. The fourth-order valence-electron chi connectivity index (χ4n) is 1.42. The molecule has 0 saturated carbocycles. The molecule has 2 aromatic carbocycles. The minimum Gasteiger partial charge on any atom is -0.469 e. The van der Waals surface area contributed by atoms with Gasteiger partial charge in [0, 0.05) is 6.92 Å². The number of benzene rings is 2. The minimum atomic E-state index is -0.328. The van der Waals surface area contributed by atoms with E-state index in [0.29, 0.717) is 11.3 Å². The predicted octanol–water partition coefficient (Wildman–Crippen LogP) is 3.39. The van der Waals surface area contributed by atoms with Crippen LogP contribution >= 0.6 is 0 Å². The van der Waals surface area contributed by atoms with Gasteiger partial charge in [0.05, 0.1) is 12.7 Å². The van der Waals surface area contributed by atoms with Crippen molar-refractivity contribution in [3.8, 4) is 5.75 Å². The summed E-state index contributed by atoms with van der Waals surface area (Å²) in [5.74, 6) is 0.00468. The number of hydrogen-bond acceptors (Lipinski definition) is 4. The van der Waals surface area contributed by atoms with Crippen LogP contribution in [0.2, 0.25) is 0 Å². The molecule has 21 heavy (non-hydrogen) atoms. The molecule has 110 valence electrons. The Morgan fingerprint density at radius 1 is 0.952 bits per heavy atom. The monoisotopic (exact) mass is 286 g/mol. The van der Waals surface area contributed by atoms with Crippen molar-refractivity contribution in [1.82, 2.24) is 0 Å². The molecule has 0 heterocycles. The van der Waals surface area contributed by atoms with Gasteiger partial charge in [-0.25, -0.2) is 4.79 Å². The van der Waals surface area contributed by atoms with Crippen LogP contribution in [0.5, 0.6) is 5.75 Å². The Morgan fingerprint density at radius 2 is 1.57 bits per heavy atom. The molecule has 4 heteroatoms. The smallest absolute Gasteiger partial charge is 0.343 e. The van der Waals surface area contributed by atoms with Crippen molar-refractivity contribution in [2.24, 2.45) is 0 Å². The van der Waals surface area contributed by atoms with Crippen molar-refractivity contribution < 1.29 is 19.1 Å². The highest BCUT2D eigenvalue weighted by Gasteiger charge is 2.06. The van der Waals surface area contributed by atoms with E-state index in [0.717, 1.165) is 5.56 Å². The van der Waals surface area contributed by atoms with Gasteiger partial charge in [0.15, 0.2) is 0 Å². The number of aryl methyl sites for hydroxylation is 1. The Bertz CT molecular complexity index is 591. The number of carbonyl (C=O) groups excluding carboxylic acids is 2. The van der Waals surface area contributed by atoms with Crippen LogP contribution in [0.15, 0.2) is 54.6 Å². The molecular formula is C17H18O4. The minimum absolute atomic E-state index is 0.245. The van der Waals surface area contributed by atoms with Crippen LogP contribution in [-0.2, 0) is 9.53 Å². The summed E-state index contributed by atoms with van der Waals surface area (Å²) in [7, 11) is 1.35. The van der Waals surface area contributed by atoms with E-state index in [1.165, 1.54) is 14.0 Å². The van der Waals surface area contributed by atoms with E-state index < -0.39 is 0 Å². The number of carbonyl (C=O) groups is 2. The average Bonchev–Trinajstić information content (AvgIpc) is 2.48. The van der Waals surface area contributed by atoms with Crippen LogP contribution in [0.1, 0.15) is 22.8 Å². The third-order valence-electron chi connectivity index (χ3n) is 2.50. The Hall–Kier alpha value is -2.62. The van der Waals surface area contributed by atoms with Crippen LogP contribution in [0.4, 0.5) is 0 Å². The molecule has 0 N–H and O–H groups in total. The molecule has 0 amide bonds. The van der Waals surface area contributed by atoms with Crippen molar-refractivity contribution in [3.63, 3.8) is 0 Å². The maximum Gasteiger partial charge on any atom is 0.343 e. The maximum absolute atomic E-state index is 11.7. The van der Waals surface area contributed by atoms with Crippen molar-refractivity contribution in [3.05, 3.63) is 65.7 Å². The maximum atomic E-state index is 11.7. The molecule has 0 aliphatic heterocycles. The van der Waals surface area contributed by atoms with Crippen LogP contribution in [0.3, 0.4) is 0 Å². The van der Waals surface area contributed by atoms with E-state index in [2.05, 4.69) is 4.74 Å². The molecule has 0 aromatic heterocycles. The third-order valence-corrected chi connectivity index (χ3v) is 2.50. The second kappa shape index (κ2) is 8.53. The Labute approximate surface area is 124 Å². The first-order valence-electron chi connectivity index (χ1n) is 6.41. The van der Waals surface area contributed by atoms with Crippen molar-refractivity contribution >= 4 is 11.9 Å². The molecular weight excluding hydrogens is 268 g/mol. The SMILES string of the molecule is COC(C)=O.Cc1cccc(OC(=O)c2ccccc2)c1. The highest BCUT2D eigenvalue weighted by Crippen LogP contribution is 2.14. The summed E-state index contributed by atoms with van der Waals surface area (Å²) >= 11 is 0. The summed E-state index contributed by atoms with van der Waals surface area (Å²) < 4.78 is 9.35.